The van der Waals surface area contributed by atoms with Crippen LogP contribution in [-0.4, -0.2) is 71.6 Å². The van der Waals surface area contributed by atoms with E-state index in [9.17, 15) is 9.59 Å². The summed E-state index contributed by atoms with van der Waals surface area (Å²) in [5.74, 6) is -0.0915. The molecule has 0 aliphatic carbocycles. The van der Waals surface area contributed by atoms with Gasteiger partial charge < -0.3 is 34.1 Å². The van der Waals surface area contributed by atoms with E-state index in [0.29, 0.717) is 40.4 Å². The van der Waals surface area contributed by atoms with Gasteiger partial charge >= 0.3 is 6.03 Å². The number of rotatable bonds is 13. The van der Waals surface area contributed by atoms with E-state index in [1.54, 1.807) is 25.4 Å². The Morgan fingerprint density at radius 2 is 1.72 bits per heavy atom. The zero-order valence-corrected chi connectivity index (χ0v) is 31.2. The van der Waals surface area contributed by atoms with Crippen molar-refractivity contribution in [3.05, 3.63) is 95.8 Å². The number of urea groups is 1. The number of fused-ring (bicyclic) bond motifs is 1. The smallest absolute Gasteiger partial charge is 0.319 e. The summed E-state index contributed by atoms with van der Waals surface area (Å²) in [5, 5.41) is 10.9. The van der Waals surface area contributed by atoms with Gasteiger partial charge in [-0.1, -0.05) is 43.4 Å². The van der Waals surface area contributed by atoms with Crippen molar-refractivity contribution < 1.29 is 28.5 Å². The molecule has 278 valence electrons. The van der Waals surface area contributed by atoms with E-state index in [2.05, 4.69) is 60.9 Å². The van der Waals surface area contributed by atoms with Crippen molar-refractivity contribution in [1.82, 2.24) is 19.8 Å². The standard InChI is InChI=1S/C40H46N6O6S/c1-4-30(5-2)42-38(48)43-31-12-15-35(28(22-31)26-49-3)52-36-23-41-39(53-36)44-37(47)27-10-13-32(14-11-27)46-25-29(33-8-6-7-9-34(33)46)24-45-18-16-40(17-19-45)50-20-21-51-40/h6-15,22-23,25,30H,4-5,16-21,24,26H2,1-3H3,(H,41,44,47)(H2,42,43,48). The summed E-state index contributed by atoms with van der Waals surface area (Å²) >= 11 is 1.22. The highest BCUT2D eigenvalue weighted by molar-refractivity contribution is 7.17. The van der Waals surface area contributed by atoms with E-state index in [0.717, 1.165) is 62.1 Å². The number of ether oxygens (including phenoxy) is 4. The molecule has 4 heterocycles. The van der Waals surface area contributed by atoms with Crippen LogP contribution in [0.1, 0.15) is 61.0 Å². The van der Waals surface area contributed by atoms with Crippen molar-refractivity contribution >= 4 is 45.0 Å². The molecule has 12 nitrogen and oxygen atoms in total. The van der Waals surface area contributed by atoms with Crippen LogP contribution in [0.3, 0.4) is 0 Å². The van der Waals surface area contributed by atoms with Gasteiger partial charge in [0.25, 0.3) is 5.91 Å². The fraction of sp³-hybridized carbons (Fsp3) is 0.375. The largest absolute Gasteiger partial charge is 0.445 e. The number of piperidine rings is 1. The van der Waals surface area contributed by atoms with Crippen molar-refractivity contribution in [3.63, 3.8) is 0 Å². The third-order valence-electron chi connectivity index (χ3n) is 9.88. The summed E-state index contributed by atoms with van der Waals surface area (Å²) in [7, 11) is 1.60. The third kappa shape index (κ3) is 8.55. The maximum absolute atomic E-state index is 13.3. The summed E-state index contributed by atoms with van der Waals surface area (Å²) in [4.78, 5) is 32.6. The van der Waals surface area contributed by atoms with E-state index in [-0.39, 0.29) is 30.4 Å². The van der Waals surface area contributed by atoms with Crippen LogP contribution >= 0.6 is 11.3 Å². The van der Waals surface area contributed by atoms with Crippen LogP contribution in [0.2, 0.25) is 0 Å². The van der Waals surface area contributed by atoms with Crippen molar-refractivity contribution in [2.75, 3.05) is 44.0 Å². The Morgan fingerprint density at radius 1 is 0.962 bits per heavy atom. The Labute approximate surface area is 313 Å². The van der Waals surface area contributed by atoms with Crippen molar-refractivity contribution in [2.24, 2.45) is 0 Å². The molecule has 0 radical (unpaired) electrons. The molecular weight excluding hydrogens is 693 g/mol. The second-order valence-corrected chi connectivity index (χ2v) is 14.4. The van der Waals surface area contributed by atoms with Crippen LogP contribution in [0.5, 0.6) is 10.8 Å². The lowest BCUT2D eigenvalue weighted by atomic mass is 10.0. The lowest BCUT2D eigenvalue weighted by Gasteiger charge is -2.37. The molecule has 1 spiro atoms. The van der Waals surface area contributed by atoms with Crippen molar-refractivity contribution in [3.8, 4) is 16.5 Å². The first-order valence-corrected chi connectivity index (χ1v) is 19.0. The second kappa shape index (κ2) is 16.5. The number of thiazole rings is 1. The number of nitrogens with zero attached hydrogens (tertiary/aromatic N) is 3. The van der Waals surface area contributed by atoms with Gasteiger partial charge in [-0.25, -0.2) is 9.78 Å². The average molecular weight is 739 g/mol. The average Bonchev–Trinajstić information content (AvgIpc) is 3.92. The minimum Gasteiger partial charge on any atom is -0.445 e. The molecule has 2 aromatic heterocycles. The van der Waals surface area contributed by atoms with Crippen LogP contribution in [0, 0.1) is 0 Å². The number of para-hydroxylation sites is 1. The number of carbonyl (C=O) groups excluding carboxylic acids is 2. The number of anilines is 2. The first-order valence-electron chi connectivity index (χ1n) is 18.2. The van der Waals surface area contributed by atoms with Gasteiger partial charge in [0.2, 0.25) is 5.06 Å². The maximum Gasteiger partial charge on any atom is 0.319 e. The number of amides is 3. The molecule has 3 aromatic carbocycles. The Kier molecular flexibility index (Phi) is 11.4. The predicted octanol–water partition coefficient (Wildman–Crippen LogP) is 7.93. The summed E-state index contributed by atoms with van der Waals surface area (Å²) in [6.45, 7) is 8.43. The lowest BCUT2D eigenvalue weighted by Crippen LogP contribution is -2.44. The Hall–Kier alpha value is -4.79. The monoisotopic (exact) mass is 738 g/mol. The highest BCUT2D eigenvalue weighted by Crippen LogP contribution is 2.35. The van der Waals surface area contributed by atoms with Crippen LogP contribution in [0.25, 0.3) is 16.6 Å². The van der Waals surface area contributed by atoms with Crippen LogP contribution in [0.15, 0.2) is 79.1 Å². The molecule has 2 aliphatic rings. The van der Waals surface area contributed by atoms with Crippen LogP contribution in [-0.2, 0) is 27.4 Å². The summed E-state index contributed by atoms with van der Waals surface area (Å²) in [5.41, 5.74) is 5.24. The molecule has 2 aliphatic heterocycles. The lowest BCUT2D eigenvalue weighted by molar-refractivity contribution is -0.185. The fourth-order valence-corrected chi connectivity index (χ4v) is 7.63. The van der Waals surface area contributed by atoms with Crippen molar-refractivity contribution in [1.29, 1.82) is 0 Å². The highest BCUT2D eigenvalue weighted by atomic mass is 32.1. The topological polar surface area (TPSA) is 128 Å². The molecule has 13 heteroatoms. The summed E-state index contributed by atoms with van der Waals surface area (Å²) in [6, 6.07) is 21.2. The van der Waals surface area contributed by atoms with Gasteiger partial charge in [0.05, 0.1) is 31.5 Å². The van der Waals surface area contributed by atoms with E-state index in [1.807, 2.05) is 44.2 Å². The molecular formula is C40H46N6O6S. The summed E-state index contributed by atoms with van der Waals surface area (Å²) < 4.78 is 25.6. The van der Waals surface area contributed by atoms with Gasteiger partial charge in [0.1, 0.15) is 5.75 Å². The molecule has 3 amide bonds. The van der Waals surface area contributed by atoms with Gasteiger partial charge in [-0.2, -0.15) is 0 Å². The minimum atomic E-state index is -0.387. The first kappa shape index (κ1) is 36.6. The van der Waals surface area contributed by atoms with Gasteiger partial charge in [-0.15, -0.1) is 0 Å². The van der Waals surface area contributed by atoms with Gasteiger partial charge in [-0.3, -0.25) is 15.0 Å². The van der Waals surface area contributed by atoms with E-state index in [1.165, 1.54) is 22.3 Å². The molecule has 2 saturated heterocycles. The third-order valence-corrected chi connectivity index (χ3v) is 10.7. The Morgan fingerprint density at radius 3 is 2.45 bits per heavy atom. The molecule has 7 rings (SSSR count). The molecule has 3 N–H and O–H groups in total. The highest BCUT2D eigenvalue weighted by Gasteiger charge is 2.39. The number of aromatic nitrogens is 2. The number of likely N-dealkylation sites (tertiary alicyclic amines) is 1. The van der Waals surface area contributed by atoms with Crippen LogP contribution in [0.4, 0.5) is 15.6 Å². The molecule has 5 aromatic rings. The number of hydrogen-bond acceptors (Lipinski definition) is 9. The molecule has 0 atom stereocenters. The van der Waals surface area contributed by atoms with E-state index >= 15 is 0 Å². The number of benzene rings is 3. The normalized spacial score (nSPS) is 15.6. The maximum atomic E-state index is 13.3. The minimum absolute atomic E-state index is 0.114. The predicted molar refractivity (Wildman–Crippen MR) is 206 cm³/mol. The zero-order chi connectivity index (χ0) is 36.8. The van der Waals surface area contributed by atoms with Crippen molar-refractivity contribution in [2.45, 2.75) is 64.5 Å². The second-order valence-electron chi connectivity index (χ2n) is 13.4. The van der Waals surface area contributed by atoms with Gasteiger partial charge in [0.15, 0.2) is 10.9 Å². The van der Waals surface area contributed by atoms with E-state index < -0.39 is 0 Å². The first-order chi connectivity index (χ1) is 25.8. The number of hydrogen-bond donors (Lipinski definition) is 3. The number of methoxy groups -OCH3 is 1. The molecule has 0 unspecified atom stereocenters. The quantitative estimate of drug-likeness (QED) is 0.111. The molecule has 0 saturated carbocycles. The Bertz CT molecular complexity index is 2020. The zero-order valence-electron chi connectivity index (χ0n) is 30.4. The van der Waals surface area contributed by atoms with Gasteiger partial charge in [-0.05, 0) is 66.9 Å². The Balaban J connectivity index is 0.980. The van der Waals surface area contributed by atoms with E-state index in [4.69, 9.17) is 18.9 Å². The molecule has 2 fully saturated rings. The van der Waals surface area contributed by atoms with Crippen LogP contribution < -0.4 is 20.7 Å². The number of nitrogens with one attached hydrogen (secondary N) is 3. The SMILES string of the molecule is CCC(CC)NC(=O)Nc1ccc(Oc2cnc(NC(=O)c3ccc(-n4cc(CN5CCC6(CC5)OCCO6)c5ccccc54)cc3)s2)c(COC)c1. The fourth-order valence-electron chi connectivity index (χ4n) is 6.95. The molecule has 0 bridgehead atoms. The molecule has 53 heavy (non-hydrogen) atoms. The summed E-state index contributed by atoms with van der Waals surface area (Å²) in [6.07, 6.45) is 7.26. The van der Waals surface area contributed by atoms with Gasteiger partial charge in [0, 0.05) is 79.7 Å². The number of carbonyl (C=O) groups is 2.